The number of aryl methyl sites for hydroxylation is 1. The van der Waals surface area contributed by atoms with Crippen LogP contribution in [-0.4, -0.2) is 49.5 Å². The van der Waals surface area contributed by atoms with E-state index in [0.29, 0.717) is 23.4 Å². The number of benzene rings is 1. The van der Waals surface area contributed by atoms with E-state index in [0.717, 1.165) is 23.2 Å². The molecule has 0 radical (unpaired) electrons. The monoisotopic (exact) mass is 410 g/mol. The van der Waals surface area contributed by atoms with Gasteiger partial charge in [0.05, 0.1) is 17.6 Å². The second kappa shape index (κ2) is 8.58. The molecule has 2 heterocycles. The number of likely N-dealkylation sites (N-methyl/N-ethyl adjacent to an activating group) is 1. The van der Waals surface area contributed by atoms with Gasteiger partial charge in [-0.05, 0) is 18.7 Å². The number of nitrogens with two attached hydrogens (primary N) is 1. The van der Waals surface area contributed by atoms with Crippen LogP contribution in [0.3, 0.4) is 0 Å². The molecule has 30 heavy (non-hydrogen) atoms. The molecule has 1 atom stereocenters. The van der Waals surface area contributed by atoms with Crippen LogP contribution in [0.5, 0.6) is 0 Å². The van der Waals surface area contributed by atoms with E-state index in [2.05, 4.69) is 14.9 Å². The molecule has 0 fully saturated rings. The van der Waals surface area contributed by atoms with Crippen molar-refractivity contribution < 1.29 is 4.79 Å². The number of hydrogen-bond donors (Lipinski definition) is 1. The van der Waals surface area contributed by atoms with Gasteiger partial charge < -0.3 is 10.6 Å². The summed E-state index contributed by atoms with van der Waals surface area (Å²) < 4.78 is 2.36. The molecule has 3 rings (SSSR count). The average molecular weight is 410 g/mol. The van der Waals surface area contributed by atoms with E-state index >= 15 is 0 Å². The first-order valence-corrected chi connectivity index (χ1v) is 9.83. The maximum Gasteiger partial charge on any atom is 0.331 e. The molecule has 0 aliphatic carbocycles. The van der Waals surface area contributed by atoms with Crippen LogP contribution in [0.1, 0.15) is 25.3 Å². The summed E-state index contributed by atoms with van der Waals surface area (Å²) >= 11 is 0. The Labute approximate surface area is 173 Å². The van der Waals surface area contributed by atoms with Crippen molar-refractivity contribution in [2.24, 2.45) is 19.8 Å². The molecule has 1 amide bonds. The lowest BCUT2D eigenvalue weighted by Crippen LogP contribution is -2.37. The summed E-state index contributed by atoms with van der Waals surface area (Å²) in [4.78, 5) is 47.4. The van der Waals surface area contributed by atoms with Gasteiger partial charge in [0.2, 0.25) is 5.91 Å². The van der Waals surface area contributed by atoms with Gasteiger partial charge in [0, 0.05) is 26.2 Å². The zero-order chi connectivity index (χ0) is 22.0. The largest absolute Gasteiger partial charge is 0.369 e. The van der Waals surface area contributed by atoms with E-state index in [4.69, 9.17) is 5.73 Å². The number of primary amides is 1. The number of rotatable bonds is 7. The minimum atomic E-state index is -0.471. The second-order valence-electron chi connectivity index (χ2n) is 7.20. The molecule has 0 spiro atoms. The molecule has 0 aliphatic heterocycles. The third kappa shape index (κ3) is 3.88. The quantitative estimate of drug-likeness (QED) is 0.610. The lowest BCUT2D eigenvalue weighted by molar-refractivity contribution is -0.119. The highest BCUT2D eigenvalue weighted by Gasteiger charge is 2.20. The molecule has 1 aromatic carbocycles. The Morgan fingerprint density at radius 3 is 2.30 bits per heavy atom. The number of carbonyl (C=O) groups excluding carboxylic acids is 1. The van der Waals surface area contributed by atoms with Crippen molar-refractivity contribution in [3.8, 4) is 11.4 Å². The Morgan fingerprint density at radius 2 is 1.73 bits per heavy atom. The molecular weight excluding hydrogens is 384 g/mol. The van der Waals surface area contributed by atoms with Gasteiger partial charge in [-0.15, -0.1) is 0 Å². The predicted octanol–water partition coefficient (Wildman–Crippen LogP) is 0.605. The molecule has 9 nitrogen and oxygen atoms in total. The van der Waals surface area contributed by atoms with Gasteiger partial charge in [0.15, 0.2) is 11.3 Å². The van der Waals surface area contributed by atoms with Crippen LogP contribution in [0.2, 0.25) is 0 Å². The minimum absolute atomic E-state index is 0.172. The van der Waals surface area contributed by atoms with Crippen LogP contribution in [0, 0.1) is 0 Å². The van der Waals surface area contributed by atoms with Crippen molar-refractivity contribution in [2.45, 2.75) is 19.8 Å². The lowest BCUT2D eigenvalue weighted by atomic mass is 9.96. The highest BCUT2D eigenvalue weighted by atomic mass is 16.2. The third-order valence-electron chi connectivity index (χ3n) is 5.46. The summed E-state index contributed by atoms with van der Waals surface area (Å²) in [7, 11) is 2.99. The van der Waals surface area contributed by atoms with Gasteiger partial charge in [-0.3, -0.25) is 18.7 Å². The molecular formula is C21H26N6O3. The summed E-state index contributed by atoms with van der Waals surface area (Å²) in [6.45, 7) is 6.31. The molecule has 2 N–H and O–H groups in total. The number of hydrogen-bond acceptors (Lipinski definition) is 6. The van der Waals surface area contributed by atoms with Gasteiger partial charge >= 0.3 is 5.69 Å². The van der Waals surface area contributed by atoms with Crippen molar-refractivity contribution in [1.82, 2.24) is 24.0 Å². The van der Waals surface area contributed by atoms with Gasteiger partial charge in [0.25, 0.3) is 5.56 Å². The molecule has 0 bridgehead atoms. The Bertz CT molecular complexity index is 1190. The smallest absolute Gasteiger partial charge is 0.331 e. The van der Waals surface area contributed by atoms with Crippen molar-refractivity contribution in [2.75, 3.05) is 19.6 Å². The number of aromatic nitrogens is 4. The Balaban J connectivity index is 1.99. The summed E-state index contributed by atoms with van der Waals surface area (Å²) in [6.07, 6.45) is 1.47. The number of fused-ring (bicyclic) bond motifs is 1. The average Bonchev–Trinajstić information content (AvgIpc) is 2.76. The Morgan fingerprint density at radius 1 is 1.10 bits per heavy atom. The number of amides is 1. The fourth-order valence-electron chi connectivity index (χ4n) is 3.46. The first kappa shape index (κ1) is 21.4. The molecule has 0 saturated carbocycles. The standard InChI is InChI=1S/C21H26N6O3/c1-5-27(6-2)12-15(18(22)28)13-7-9-14(10-8-13)19-23-11-16-17(24-19)20(29)26(4)21(30)25(16)3/h7-11,15H,5-6,12H2,1-4H3,(H2,22,28). The van der Waals surface area contributed by atoms with E-state index in [1.807, 2.05) is 26.0 Å². The molecule has 9 heteroatoms. The Hall–Kier alpha value is -3.33. The number of carbonyl (C=O) groups is 1. The highest BCUT2D eigenvalue weighted by molar-refractivity contribution is 5.82. The zero-order valence-electron chi connectivity index (χ0n) is 17.6. The second-order valence-corrected chi connectivity index (χ2v) is 7.20. The Kier molecular flexibility index (Phi) is 6.12. The molecule has 0 aliphatic rings. The fraction of sp³-hybridized carbons (Fsp3) is 0.381. The maximum absolute atomic E-state index is 12.5. The van der Waals surface area contributed by atoms with Crippen LogP contribution in [0.25, 0.3) is 22.4 Å². The van der Waals surface area contributed by atoms with Crippen molar-refractivity contribution in [1.29, 1.82) is 0 Å². The first-order chi connectivity index (χ1) is 14.3. The molecule has 0 saturated heterocycles. The summed E-state index contributed by atoms with van der Waals surface area (Å²) in [5.41, 5.74) is 6.79. The minimum Gasteiger partial charge on any atom is -0.369 e. The van der Waals surface area contributed by atoms with Crippen LogP contribution in [0.15, 0.2) is 40.1 Å². The summed E-state index contributed by atoms with van der Waals surface area (Å²) in [5, 5.41) is 0. The SMILES string of the molecule is CCN(CC)CC(C(N)=O)c1ccc(-c2ncc3c(n2)c(=O)n(C)c(=O)n3C)cc1. The van der Waals surface area contributed by atoms with Gasteiger partial charge in [0.1, 0.15) is 0 Å². The normalized spacial score (nSPS) is 12.4. The van der Waals surface area contributed by atoms with E-state index in [1.165, 1.54) is 17.8 Å². The highest BCUT2D eigenvalue weighted by Crippen LogP contribution is 2.22. The van der Waals surface area contributed by atoms with E-state index in [-0.39, 0.29) is 11.4 Å². The first-order valence-electron chi connectivity index (χ1n) is 9.83. The van der Waals surface area contributed by atoms with E-state index in [9.17, 15) is 14.4 Å². The van der Waals surface area contributed by atoms with Gasteiger partial charge in [-0.2, -0.15) is 0 Å². The number of nitrogens with zero attached hydrogens (tertiary/aromatic N) is 5. The van der Waals surface area contributed by atoms with Crippen molar-refractivity contribution in [3.63, 3.8) is 0 Å². The zero-order valence-corrected chi connectivity index (χ0v) is 17.6. The molecule has 1 unspecified atom stereocenters. The molecule has 2 aromatic heterocycles. The summed E-state index contributed by atoms with van der Waals surface area (Å²) in [6, 6.07) is 7.28. The van der Waals surface area contributed by atoms with Crippen molar-refractivity contribution in [3.05, 3.63) is 56.9 Å². The third-order valence-corrected chi connectivity index (χ3v) is 5.46. The van der Waals surface area contributed by atoms with E-state index < -0.39 is 17.2 Å². The van der Waals surface area contributed by atoms with Crippen LogP contribution in [0.4, 0.5) is 0 Å². The van der Waals surface area contributed by atoms with Crippen LogP contribution >= 0.6 is 0 Å². The van der Waals surface area contributed by atoms with Gasteiger partial charge in [-0.25, -0.2) is 14.8 Å². The van der Waals surface area contributed by atoms with Gasteiger partial charge in [-0.1, -0.05) is 38.1 Å². The fourth-order valence-corrected chi connectivity index (χ4v) is 3.46. The topological polar surface area (TPSA) is 116 Å². The summed E-state index contributed by atoms with van der Waals surface area (Å²) in [5.74, 6) is -0.427. The van der Waals surface area contributed by atoms with Crippen molar-refractivity contribution >= 4 is 16.9 Å². The molecule has 3 aromatic rings. The van der Waals surface area contributed by atoms with E-state index in [1.54, 1.807) is 19.2 Å². The predicted molar refractivity (Wildman–Crippen MR) is 115 cm³/mol. The van der Waals surface area contributed by atoms with Crippen LogP contribution < -0.4 is 17.0 Å². The maximum atomic E-state index is 12.5. The molecule has 158 valence electrons. The lowest BCUT2D eigenvalue weighted by Gasteiger charge is -2.23. The van der Waals surface area contributed by atoms with Crippen LogP contribution in [-0.2, 0) is 18.9 Å².